The molecular weight excluding hydrogens is 286 g/mol. The summed E-state index contributed by atoms with van der Waals surface area (Å²) in [6.07, 6.45) is 2.63. The second-order valence-corrected chi connectivity index (χ2v) is 6.13. The molecule has 0 unspecified atom stereocenters. The van der Waals surface area contributed by atoms with Crippen molar-refractivity contribution in [3.63, 3.8) is 0 Å². The maximum atomic E-state index is 11.5. The predicted octanol–water partition coefficient (Wildman–Crippen LogP) is 2.96. The number of esters is 1. The first kappa shape index (κ1) is 14.0. The largest absolute Gasteiger partial charge is 0.469 e. The zero-order valence-corrected chi connectivity index (χ0v) is 12.6. The fraction of sp³-hybridized carbons (Fsp3) is 0.400. The lowest BCUT2D eigenvalue weighted by Crippen LogP contribution is -2.18. The van der Waals surface area contributed by atoms with Gasteiger partial charge >= 0.3 is 5.97 Å². The Morgan fingerprint density at radius 3 is 2.86 bits per heavy atom. The molecule has 0 spiro atoms. The number of benzene rings is 1. The Kier molecular flexibility index (Phi) is 4.15. The van der Waals surface area contributed by atoms with Crippen molar-refractivity contribution in [3.05, 3.63) is 30.3 Å². The van der Waals surface area contributed by atoms with Gasteiger partial charge in [0.2, 0.25) is 5.13 Å². The van der Waals surface area contributed by atoms with Crippen molar-refractivity contribution >= 4 is 22.4 Å². The van der Waals surface area contributed by atoms with E-state index >= 15 is 0 Å². The molecule has 6 heteroatoms. The van der Waals surface area contributed by atoms with E-state index in [0.717, 1.165) is 35.0 Å². The van der Waals surface area contributed by atoms with E-state index in [0.29, 0.717) is 0 Å². The standard InChI is InChI=1S/C15H17N3O2S/c1-20-14(19)11-7-8-12(9-11)16-15-18-17-13(21-15)10-5-3-2-4-6-10/h2-6,11-12H,7-9H2,1H3,(H,16,18)/t11-,12+/m0/s1. The van der Waals surface area contributed by atoms with Crippen LogP contribution in [0.3, 0.4) is 0 Å². The Morgan fingerprint density at radius 2 is 2.10 bits per heavy atom. The molecule has 110 valence electrons. The molecule has 0 bridgehead atoms. The van der Waals surface area contributed by atoms with Crippen LogP contribution in [-0.4, -0.2) is 29.3 Å². The monoisotopic (exact) mass is 303 g/mol. The number of rotatable bonds is 4. The van der Waals surface area contributed by atoms with E-state index in [1.165, 1.54) is 18.4 Å². The summed E-state index contributed by atoms with van der Waals surface area (Å²) in [4.78, 5) is 11.5. The van der Waals surface area contributed by atoms with Gasteiger partial charge < -0.3 is 10.1 Å². The molecule has 5 nitrogen and oxygen atoms in total. The Hall–Kier alpha value is -1.95. The minimum atomic E-state index is -0.110. The second kappa shape index (κ2) is 6.22. The SMILES string of the molecule is COC(=O)[C@H]1CC[C@@H](Nc2nnc(-c3ccccc3)s2)C1. The zero-order valence-electron chi connectivity index (χ0n) is 11.8. The van der Waals surface area contributed by atoms with E-state index in [9.17, 15) is 4.79 Å². The third-order valence-corrected chi connectivity index (χ3v) is 4.64. The maximum Gasteiger partial charge on any atom is 0.308 e. The van der Waals surface area contributed by atoms with Gasteiger partial charge in [0.15, 0.2) is 0 Å². The number of hydrogen-bond donors (Lipinski definition) is 1. The van der Waals surface area contributed by atoms with Crippen molar-refractivity contribution in [3.8, 4) is 10.6 Å². The molecule has 0 amide bonds. The average Bonchev–Trinajstić information content (AvgIpc) is 3.17. The molecule has 2 aromatic rings. The Morgan fingerprint density at radius 1 is 1.29 bits per heavy atom. The molecule has 1 aliphatic rings. The summed E-state index contributed by atoms with van der Waals surface area (Å²) in [7, 11) is 1.44. The van der Waals surface area contributed by atoms with Crippen LogP contribution >= 0.6 is 11.3 Å². The lowest BCUT2D eigenvalue weighted by atomic mass is 10.1. The molecule has 0 aliphatic heterocycles. The topological polar surface area (TPSA) is 64.1 Å². The van der Waals surface area contributed by atoms with Gasteiger partial charge in [0.05, 0.1) is 13.0 Å². The summed E-state index contributed by atoms with van der Waals surface area (Å²) in [6, 6.07) is 10.3. The van der Waals surface area contributed by atoms with Gasteiger partial charge in [-0.15, -0.1) is 10.2 Å². The van der Waals surface area contributed by atoms with Crippen LogP contribution in [-0.2, 0) is 9.53 Å². The van der Waals surface area contributed by atoms with E-state index < -0.39 is 0 Å². The van der Waals surface area contributed by atoms with Crippen LogP contribution in [0.2, 0.25) is 0 Å². The molecule has 1 N–H and O–H groups in total. The molecule has 0 saturated heterocycles. The predicted molar refractivity (Wildman–Crippen MR) is 82.1 cm³/mol. The summed E-state index contributed by atoms with van der Waals surface area (Å²) in [5, 5.41) is 13.5. The molecule has 21 heavy (non-hydrogen) atoms. The Labute approximate surface area is 127 Å². The summed E-state index contributed by atoms with van der Waals surface area (Å²) >= 11 is 1.54. The van der Waals surface area contributed by atoms with Crippen LogP contribution in [0.25, 0.3) is 10.6 Å². The van der Waals surface area contributed by atoms with Crippen molar-refractivity contribution in [2.45, 2.75) is 25.3 Å². The van der Waals surface area contributed by atoms with Crippen LogP contribution in [0.5, 0.6) is 0 Å². The summed E-state index contributed by atoms with van der Waals surface area (Å²) in [5.41, 5.74) is 1.07. The fourth-order valence-corrected chi connectivity index (χ4v) is 3.47. The maximum absolute atomic E-state index is 11.5. The van der Waals surface area contributed by atoms with Crippen LogP contribution < -0.4 is 5.32 Å². The van der Waals surface area contributed by atoms with Gasteiger partial charge in [-0.05, 0) is 19.3 Å². The number of nitrogens with one attached hydrogen (secondary N) is 1. The van der Waals surface area contributed by atoms with E-state index in [1.807, 2.05) is 30.3 Å². The molecule has 1 aliphatic carbocycles. The van der Waals surface area contributed by atoms with Crippen LogP contribution in [0.1, 0.15) is 19.3 Å². The highest BCUT2D eigenvalue weighted by Gasteiger charge is 2.31. The molecule has 1 saturated carbocycles. The van der Waals surface area contributed by atoms with Crippen LogP contribution in [0.15, 0.2) is 30.3 Å². The highest BCUT2D eigenvalue weighted by molar-refractivity contribution is 7.18. The first-order valence-corrected chi connectivity index (χ1v) is 7.81. The normalized spacial score (nSPS) is 21.2. The number of hydrogen-bond acceptors (Lipinski definition) is 6. The van der Waals surface area contributed by atoms with Crippen LogP contribution in [0.4, 0.5) is 5.13 Å². The van der Waals surface area contributed by atoms with Crippen LogP contribution in [0, 0.1) is 5.92 Å². The zero-order chi connectivity index (χ0) is 14.7. The first-order valence-electron chi connectivity index (χ1n) is 6.99. The lowest BCUT2D eigenvalue weighted by molar-refractivity contribution is -0.145. The molecule has 3 rings (SSSR count). The number of anilines is 1. The van der Waals surface area contributed by atoms with Gasteiger partial charge in [-0.25, -0.2) is 0 Å². The van der Waals surface area contributed by atoms with Crippen molar-refractivity contribution in [1.82, 2.24) is 10.2 Å². The number of methoxy groups -OCH3 is 1. The summed E-state index contributed by atoms with van der Waals surface area (Å²) in [6.45, 7) is 0. The molecular formula is C15H17N3O2S. The van der Waals surface area contributed by atoms with Crippen molar-refractivity contribution in [2.24, 2.45) is 5.92 Å². The molecule has 1 aromatic heterocycles. The number of carbonyl (C=O) groups excluding carboxylic acids is 1. The van der Waals surface area contributed by atoms with Gasteiger partial charge in [0, 0.05) is 11.6 Å². The van der Waals surface area contributed by atoms with Gasteiger partial charge in [-0.2, -0.15) is 0 Å². The lowest BCUT2D eigenvalue weighted by Gasteiger charge is -2.10. The number of ether oxygens (including phenoxy) is 1. The highest BCUT2D eigenvalue weighted by Crippen LogP contribution is 2.31. The highest BCUT2D eigenvalue weighted by atomic mass is 32.1. The molecule has 0 radical (unpaired) electrons. The fourth-order valence-electron chi connectivity index (χ4n) is 2.65. The number of carbonyl (C=O) groups is 1. The van der Waals surface area contributed by atoms with Gasteiger partial charge in [-0.1, -0.05) is 41.7 Å². The molecule has 1 fully saturated rings. The van der Waals surface area contributed by atoms with E-state index in [2.05, 4.69) is 15.5 Å². The smallest absolute Gasteiger partial charge is 0.308 e. The molecule has 1 aromatic carbocycles. The summed E-state index contributed by atoms with van der Waals surface area (Å²) in [5.74, 6) is -0.101. The Bertz CT molecular complexity index is 614. The minimum Gasteiger partial charge on any atom is -0.469 e. The van der Waals surface area contributed by atoms with Crippen molar-refractivity contribution in [2.75, 3.05) is 12.4 Å². The number of nitrogens with zero attached hydrogens (tertiary/aromatic N) is 2. The van der Waals surface area contributed by atoms with Gasteiger partial charge in [-0.3, -0.25) is 4.79 Å². The average molecular weight is 303 g/mol. The van der Waals surface area contributed by atoms with E-state index in [-0.39, 0.29) is 17.9 Å². The van der Waals surface area contributed by atoms with Gasteiger partial charge in [0.1, 0.15) is 5.01 Å². The van der Waals surface area contributed by atoms with Gasteiger partial charge in [0.25, 0.3) is 0 Å². The minimum absolute atomic E-state index is 0.00835. The molecule has 2 atom stereocenters. The number of aromatic nitrogens is 2. The van der Waals surface area contributed by atoms with E-state index in [4.69, 9.17) is 4.74 Å². The summed E-state index contributed by atoms with van der Waals surface area (Å²) < 4.78 is 4.80. The van der Waals surface area contributed by atoms with Crippen molar-refractivity contribution < 1.29 is 9.53 Å². The van der Waals surface area contributed by atoms with Crippen molar-refractivity contribution in [1.29, 1.82) is 0 Å². The molecule has 1 heterocycles. The quantitative estimate of drug-likeness (QED) is 0.880. The van der Waals surface area contributed by atoms with E-state index in [1.54, 1.807) is 0 Å². The third-order valence-electron chi connectivity index (χ3n) is 3.74. The third kappa shape index (κ3) is 3.21. The Balaban J connectivity index is 1.62. The first-order chi connectivity index (χ1) is 10.3. The second-order valence-electron chi connectivity index (χ2n) is 5.15.